The summed E-state index contributed by atoms with van der Waals surface area (Å²) in [6.07, 6.45) is 3.83. The summed E-state index contributed by atoms with van der Waals surface area (Å²) in [5, 5.41) is 6.25. The first-order chi connectivity index (χ1) is 7.92. The van der Waals surface area contributed by atoms with E-state index in [1.807, 2.05) is 0 Å². The van der Waals surface area contributed by atoms with Crippen molar-refractivity contribution >= 4 is 10.8 Å². The van der Waals surface area contributed by atoms with E-state index in [9.17, 15) is 0 Å². The van der Waals surface area contributed by atoms with Gasteiger partial charge in [0.05, 0.1) is 0 Å². The topological polar surface area (TPSA) is 12.0 Å². The smallest absolute Gasteiger partial charge is 0.0108 e. The van der Waals surface area contributed by atoms with Crippen molar-refractivity contribution in [1.29, 1.82) is 0 Å². The quantitative estimate of drug-likeness (QED) is 0.804. The Labute approximate surface area is 96.5 Å². The van der Waals surface area contributed by atoms with Crippen molar-refractivity contribution in [1.82, 2.24) is 5.32 Å². The molecule has 82 valence electrons. The number of benzene rings is 2. The van der Waals surface area contributed by atoms with Crippen molar-refractivity contribution in [3.8, 4) is 0 Å². The molecular formula is C15H17N. The Hall–Kier alpha value is -1.34. The van der Waals surface area contributed by atoms with E-state index in [0.717, 1.165) is 0 Å². The van der Waals surface area contributed by atoms with Crippen LogP contribution in [0.1, 0.15) is 18.4 Å². The van der Waals surface area contributed by atoms with Gasteiger partial charge < -0.3 is 5.32 Å². The molecule has 3 rings (SSSR count). The highest BCUT2D eigenvalue weighted by atomic mass is 14.9. The Morgan fingerprint density at radius 3 is 2.75 bits per heavy atom. The van der Waals surface area contributed by atoms with Crippen LogP contribution in [0.4, 0.5) is 0 Å². The normalized spacial score (nSPS) is 20.4. The summed E-state index contributed by atoms with van der Waals surface area (Å²) in [6, 6.07) is 16.1. The van der Waals surface area contributed by atoms with E-state index in [-0.39, 0.29) is 0 Å². The van der Waals surface area contributed by atoms with Crippen molar-refractivity contribution in [2.24, 2.45) is 0 Å². The van der Waals surface area contributed by atoms with Crippen molar-refractivity contribution in [2.45, 2.75) is 25.3 Å². The van der Waals surface area contributed by atoms with Gasteiger partial charge in [-0.2, -0.15) is 0 Å². The highest BCUT2D eigenvalue weighted by Crippen LogP contribution is 2.18. The van der Waals surface area contributed by atoms with Crippen LogP contribution < -0.4 is 5.32 Å². The van der Waals surface area contributed by atoms with E-state index in [2.05, 4.69) is 47.8 Å². The molecule has 0 radical (unpaired) electrons. The minimum atomic E-state index is 0.696. The summed E-state index contributed by atoms with van der Waals surface area (Å²) in [5.74, 6) is 0. The van der Waals surface area contributed by atoms with Gasteiger partial charge in [-0.1, -0.05) is 42.5 Å². The van der Waals surface area contributed by atoms with Crippen LogP contribution in [-0.4, -0.2) is 12.6 Å². The van der Waals surface area contributed by atoms with Crippen molar-refractivity contribution in [2.75, 3.05) is 6.54 Å². The Morgan fingerprint density at radius 1 is 1.06 bits per heavy atom. The SMILES string of the molecule is c1ccc2cc(C[C@@H]3CCCN3)ccc2c1. The van der Waals surface area contributed by atoms with E-state index in [0.29, 0.717) is 6.04 Å². The number of nitrogens with one attached hydrogen (secondary N) is 1. The fourth-order valence-corrected chi connectivity index (χ4v) is 2.58. The zero-order chi connectivity index (χ0) is 10.8. The summed E-state index contributed by atoms with van der Waals surface area (Å²) in [5.41, 5.74) is 1.46. The van der Waals surface area contributed by atoms with Gasteiger partial charge in [-0.05, 0) is 42.1 Å². The third kappa shape index (κ3) is 1.96. The number of hydrogen-bond donors (Lipinski definition) is 1. The maximum absolute atomic E-state index is 3.55. The summed E-state index contributed by atoms with van der Waals surface area (Å²) in [4.78, 5) is 0. The molecule has 1 fully saturated rings. The molecule has 2 aromatic rings. The van der Waals surface area contributed by atoms with Gasteiger partial charge in [-0.25, -0.2) is 0 Å². The summed E-state index contributed by atoms with van der Waals surface area (Å²) in [7, 11) is 0. The van der Waals surface area contributed by atoms with Crippen LogP contribution >= 0.6 is 0 Å². The number of hydrogen-bond acceptors (Lipinski definition) is 1. The summed E-state index contributed by atoms with van der Waals surface area (Å²) < 4.78 is 0. The monoisotopic (exact) mass is 211 g/mol. The van der Waals surface area contributed by atoms with Gasteiger partial charge in [-0.15, -0.1) is 0 Å². The second-order valence-electron chi connectivity index (χ2n) is 4.68. The van der Waals surface area contributed by atoms with Gasteiger partial charge >= 0.3 is 0 Å². The standard InChI is InChI=1S/C15H17N/c1-2-5-14-10-12(7-8-13(14)4-1)11-15-6-3-9-16-15/h1-2,4-5,7-8,10,15-16H,3,6,9,11H2/t15-/m0/s1. The molecular weight excluding hydrogens is 194 g/mol. The molecule has 1 heterocycles. The van der Waals surface area contributed by atoms with Crippen LogP contribution in [0.2, 0.25) is 0 Å². The van der Waals surface area contributed by atoms with E-state index >= 15 is 0 Å². The minimum Gasteiger partial charge on any atom is -0.314 e. The van der Waals surface area contributed by atoms with E-state index in [4.69, 9.17) is 0 Å². The van der Waals surface area contributed by atoms with Crippen LogP contribution in [-0.2, 0) is 6.42 Å². The molecule has 1 aliphatic rings. The average Bonchev–Trinajstić information content (AvgIpc) is 2.82. The minimum absolute atomic E-state index is 0.696. The van der Waals surface area contributed by atoms with Crippen LogP contribution in [0, 0.1) is 0 Å². The molecule has 1 nitrogen and oxygen atoms in total. The van der Waals surface area contributed by atoms with Gasteiger partial charge in [0.2, 0.25) is 0 Å². The molecule has 1 saturated heterocycles. The van der Waals surface area contributed by atoms with Gasteiger partial charge in [0.15, 0.2) is 0 Å². The Kier molecular flexibility index (Phi) is 2.63. The fraction of sp³-hybridized carbons (Fsp3) is 0.333. The molecule has 0 aliphatic carbocycles. The third-order valence-electron chi connectivity index (χ3n) is 3.46. The molecule has 1 heteroatoms. The molecule has 0 amide bonds. The lowest BCUT2D eigenvalue weighted by atomic mass is 10.0. The molecule has 0 spiro atoms. The van der Waals surface area contributed by atoms with Gasteiger partial charge in [0, 0.05) is 6.04 Å². The lowest BCUT2D eigenvalue weighted by Gasteiger charge is -2.10. The molecule has 1 atom stereocenters. The molecule has 0 aromatic heterocycles. The molecule has 0 bridgehead atoms. The third-order valence-corrected chi connectivity index (χ3v) is 3.46. The van der Waals surface area contributed by atoms with Crippen molar-refractivity contribution < 1.29 is 0 Å². The molecule has 0 unspecified atom stereocenters. The number of rotatable bonds is 2. The molecule has 16 heavy (non-hydrogen) atoms. The average molecular weight is 211 g/mol. The molecule has 1 aliphatic heterocycles. The predicted octanol–water partition coefficient (Wildman–Crippen LogP) is 3.13. The number of fused-ring (bicyclic) bond motifs is 1. The maximum atomic E-state index is 3.55. The Bertz CT molecular complexity index is 484. The Balaban J connectivity index is 1.86. The van der Waals surface area contributed by atoms with Crippen molar-refractivity contribution in [3.63, 3.8) is 0 Å². The Morgan fingerprint density at radius 2 is 1.94 bits per heavy atom. The van der Waals surface area contributed by atoms with E-state index in [1.165, 1.54) is 42.1 Å². The first-order valence-corrected chi connectivity index (χ1v) is 6.13. The van der Waals surface area contributed by atoms with E-state index < -0.39 is 0 Å². The zero-order valence-corrected chi connectivity index (χ0v) is 9.45. The first-order valence-electron chi connectivity index (χ1n) is 6.13. The fourth-order valence-electron chi connectivity index (χ4n) is 2.58. The molecule has 2 aromatic carbocycles. The van der Waals surface area contributed by atoms with E-state index in [1.54, 1.807) is 0 Å². The second kappa shape index (κ2) is 4.26. The van der Waals surface area contributed by atoms with Gasteiger partial charge in [0.1, 0.15) is 0 Å². The van der Waals surface area contributed by atoms with Gasteiger partial charge in [0.25, 0.3) is 0 Å². The first kappa shape index (κ1) is 9.86. The predicted molar refractivity (Wildman–Crippen MR) is 68.7 cm³/mol. The lowest BCUT2D eigenvalue weighted by molar-refractivity contribution is 0.603. The van der Waals surface area contributed by atoms with Crippen LogP contribution in [0.15, 0.2) is 42.5 Å². The highest BCUT2D eigenvalue weighted by Gasteiger charge is 2.14. The van der Waals surface area contributed by atoms with Crippen LogP contribution in [0.5, 0.6) is 0 Å². The van der Waals surface area contributed by atoms with Gasteiger partial charge in [-0.3, -0.25) is 0 Å². The second-order valence-corrected chi connectivity index (χ2v) is 4.68. The van der Waals surface area contributed by atoms with Crippen molar-refractivity contribution in [3.05, 3.63) is 48.0 Å². The van der Waals surface area contributed by atoms with Crippen LogP contribution in [0.25, 0.3) is 10.8 Å². The zero-order valence-electron chi connectivity index (χ0n) is 9.45. The maximum Gasteiger partial charge on any atom is 0.0108 e. The lowest BCUT2D eigenvalue weighted by Crippen LogP contribution is -2.23. The molecule has 1 N–H and O–H groups in total. The molecule has 0 saturated carbocycles. The summed E-state index contributed by atoms with van der Waals surface area (Å²) >= 11 is 0. The summed E-state index contributed by atoms with van der Waals surface area (Å²) in [6.45, 7) is 1.19. The van der Waals surface area contributed by atoms with Crippen LogP contribution in [0.3, 0.4) is 0 Å². The largest absolute Gasteiger partial charge is 0.314 e. The highest BCUT2D eigenvalue weighted by molar-refractivity contribution is 5.82.